The van der Waals surface area contributed by atoms with Crippen LogP contribution in [0.4, 0.5) is 5.82 Å². The molecule has 1 unspecified atom stereocenters. The number of carbonyl (C=O) groups excluding carboxylic acids is 2. The second-order valence-corrected chi connectivity index (χ2v) is 13.0. The summed E-state index contributed by atoms with van der Waals surface area (Å²) < 4.78 is 0. The number of hydrogen-bond acceptors (Lipinski definition) is 6. The molecule has 2 amide bonds. The molecule has 1 atom stereocenters. The fraction of sp³-hybridized carbons (Fsp3) is 0.471. The second kappa shape index (κ2) is 15.6. The van der Waals surface area contributed by atoms with Crippen LogP contribution in [0.15, 0.2) is 71.9 Å². The van der Waals surface area contributed by atoms with Gasteiger partial charge in [0.25, 0.3) is 0 Å². The number of nitrogens with zero attached hydrogens (tertiary/aromatic N) is 4. The van der Waals surface area contributed by atoms with E-state index in [0.717, 1.165) is 24.6 Å². The van der Waals surface area contributed by atoms with E-state index in [1.165, 1.54) is 48.6 Å². The van der Waals surface area contributed by atoms with Crippen molar-refractivity contribution in [3.8, 4) is 0 Å². The number of benzene rings is 2. The van der Waals surface area contributed by atoms with Crippen molar-refractivity contribution >= 4 is 41.0 Å². The molecule has 43 heavy (non-hydrogen) atoms. The summed E-state index contributed by atoms with van der Waals surface area (Å²) in [5.74, 6) is 2.08. The SMILES string of the molecule is CC1CN(c2cc(Cl)nc(SCC(=O)NCCC(c3ccccc3)c3ccccc3)n2)CCN1C(=O)CCC1CCCC1. The fourth-order valence-electron chi connectivity index (χ4n) is 6.35. The zero-order valence-corrected chi connectivity index (χ0v) is 26.5. The highest BCUT2D eigenvalue weighted by molar-refractivity contribution is 7.99. The topological polar surface area (TPSA) is 78.4 Å². The van der Waals surface area contributed by atoms with Crippen molar-refractivity contribution in [1.29, 1.82) is 0 Å². The van der Waals surface area contributed by atoms with E-state index in [9.17, 15) is 9.59 Å². The summed E-state index contributed by atoms with van der Waals surface area (Å²) in [6, 6.07) is 22.7. The third-order valence-corrected chi connectivity index (χ3v) is 9.71. The lowest BCUT2D eigenvalue weighted by Crippen LogP contribution is -2.54. The van der Waals surface area contributed by atoms with E-state index >= 15 is 0 Å². The summed E-state index contributed by atoms with van der Waals surface area (Å²) in [5.41, 5.74) is 2.47. The molecule has 2 fully saturated rings. The van der Waals surface area contributed by atoms with Crippen molar-refractivity contribution in [2.75, 3.05) is 36.8 Å². The number of hydrogen-bond donors (Lipinski definition) is 1. The van der Waals surface area contributed by atoms with Crippen molar-refractivity contribution in [2.24, 2.45) is 5.92 Å². The first-order valence-corrected chi connectivity index (χ1v) is 16.9. The maximum absolute atomic E-state index is 12.9. The van der Waals surface area contributed by atoms with Gasteiger partial charge in [0.1, 0.15) is 11.0 Å². The average Bonchev–Trinajstić information content (AvgIpc) is 3.55. The van der Waals surface area contributed by atoms with Crippen LogP contribution in [0.3, 0.4) is 0 Å². The quantitative estimate of drug-likeness (QED) is 0.140. The zero-order valence-electron chi connectivity index (χ0n) is 25.0. The van der Waals surface area contributed by atoms with Gasteiger partial charge in [0.15, 0.2) is 5.16 Å². The molecule has 1 N–H and O–H groups in total. The molecule has 0 spiro atoms. The number of rotatable bonds is 12. The van der Waals surface area contributed by atoms with Crippen LogP contribution in [0.1, 0.15) is 68.9 Å². The van der Waals surface area contributed by atoms with Gasteiger partial charge in [-0.25, -0.2) is 9.97 Å². The molecule has 1 saturated carbocycles. The Hall–Kier alpha value is -3.10. The molecule has 7 nitrogen and oxygen atoms in total. The van der Waals surface area contributed by atoms with Crippen LogP contribution < -0.4 is 10.2 Å². The third kappa shape index (κ3) is 8.96. The standard InChI is InChI=1S/C34H42ClN5O2S/c1-25-23-39(20-21-40(25)33(42)17-16-26-10-8-9-11-26)31-22-30(35)37-34(38-31)43-24-32(41)36-19-18-29(27-12-4-2-5-13-27)28-14-6-3-7-15-28/h2-7,12-15,22,25-26,29H,8-11,16-21,23-24H2,1H3,(H,36,41). The third-order valence-electron chi connectivity index (χ3n) is 8.67. The van der Waals surface area contributed by atoms with Crippen molar-refractivity contribution in [3.63, 3.8) is 0 Å². The van der Waals surface area contributed by atoms with Gasteiger partial charge in [-0.1, -0.05) is 110 Å². The lowest BCUT2D eigenvalue weighted by molar-refractivity contribution is -0.134. The molecule has 1 aliphatic heterocycles. The fourth-order valence-corrected chi connectivity index (χ4v) is 7.26. The van der Waals surface area contributed by atoms with Crippen molar-refractivity contribution < 1.29 is 9.59 Å². The highest BCUT2D eigenvalue weighted by atomic mass is 35.5. The van der Waals surface area contributed by atoms with E-state index in [2.05, 4.69) is 70.7 Å². The molecule has 3 aromatic rings. The number of thioether (sulfide) groups is 1. The van der Waals surface area contributed by atoms with E-state index in [1.54, 1.807) is 6.07 Å². The Morgan fingerprint density at radius 3 is 2.33 bits per heavy atom. The number of halogens is 1. The molecular formula is C34H42ClN5O2S. The largest absolute Gasteiger partial charge is 0.355 e. The van der Waals surface area contributed by atoms with Crippen LogP contribution in [0.2, 0.25) is 5.15 Å². The van der Waals surface area contributed by atoms with Crippen molar-refractivity contribution in [2.45, 2.75) is 69.0 Å². The molecule has 1 saturated heterocycles. The van der Waals surface area contributed by atoms with Gasteiger partial charge >= 0.3 is 0 Å². The van der Waals surface area contributed by atoms with Gasteiger partial charge in [0.2, 0.25) is 11.8 Å². The lowest BCUT2D eigenvalue weighted by atomic mass is 9.88. The molecule has 0 bridgehead atoms. The molecule has 5 rings (SSSR count). The number of piperazine rings is 1. The van der Waals surface area contributed by atoms with E-state index < -0.39 is 0 Å². The van der Waals surface area contributed by atoms with Gasteiger partial charge < -0.3 is 15.1 Å². The first-order valence-electron chi connectivity index (χ1n) is 15.5. The number of carbonyl (C=O) groups is 2. The monoisotopic (exact) mass is 619 g/mol. The summed E-state index contributed by atoms with van der Waals surface area (Å²) in [6.45, 7) is 4.72. The predicted octanol–water partition coefficient (Wildman–Crippen LogP) is 6.57. The van der Waals surface area contributed by atoms with Crippen LogP contribution in [-0.4, -0.2) is 64.7 Å². The van der Waals surface area contributed by atoms with E-state index in [4.69, 9.17) is 16.6 Å². The van der Waals surface area contributed by atoms with Crippen LogP contribution in [-0.2, 0) is 9.59 Å². The van der Waals surface area contributed by atoms with E-state index in [1.807, 2.05) is 17.0 Å². The predicted molar refractivity (Wildman–Crippen MR) is 175 cm³/mol. The molecule has 1 aromatic heterocycles. The zero-order chi connectivity index (χ0) is 30.0. The van der Waals surface area contributed by atoms with Gasteiger partial charge in [-0.05, 0) is 36.8 Å². The first-order chi connectivity index (χ1) is 21.0. The maximum Gasteiger partial charge on any atom is 0.230 e. The normalized spacial score (nSPS) is 17.4. The smallest absolute Gasteiger partial charge is 0.230 e. The summed E-state index contributed by atoms with van der Waals surface area (Å²) in [7, 11) is 0. The van der Waals surface area contributed by atoms with Crippen molar-refractivity contribution in [3.05, 3.63) is 83.0 Å². The molecule has 2 aromatic carbocycles. The Bertz CT molecular complexity index is 1300. The summed E-state index contributed by atoms with van der Waals surface area (Å²) in [5, 5.41) is 3.90. The molecule has 228 valence electrons. The highest BCUT2D eigenvalue weighted by Crippen LogP contribution is 2.30. The minimum Gasteiger partial charge on any atom is -0.355 e. The van der Waals surface area contributed by atoms with Gasteiger partial charge in [-0.3, -0.25) is 9.59 Å². The number of nitrogens with one attached hydrogen (secondary N) is 1. The summed E-state index contributed by atoms with van der Waals surface area (Å²) in [4.78, 5) is 39.0. The van der Waals surface area contributed by atoms with Crippen LogP contribution in [0.5, 0.6) is 0 Å². The van der Waals surface area contributed by atoms with Crippen LogP contribution in [0, 0.1) is 5.92 Å². The first kappa shape index (κ1) is 31.3. The summed E-state index contributed by atoms with van der Waals surface area (Å²) in [6.07, 6.45) is 7.63. The molecule has 0 radical (unpaired) electrons. The molecular weight excluding hydrogens is 578 g/mol. The van der Waals surface area contributed by atoms with E-state index in [0.29, 0.717) is 42.9 Å². The lowest BCUT2D eigenvalue weighted by Gasteiger charge is -2.40. The van der Waals surface area contributed by atoms with Gasteiger partial charge in [-0.15, -0.1) is 0 Å². The maximum atomic E-state index is 12.9. The molecule has 2 aliphatic rings. The Morgan fingerprint density at radius 1 is 1.00 bits per heavy atom. The summed E-state index contributed by atoms with van der Waals surface area (Å²) >= 11 is 7.67. The molecule has 2 heterocycles. The number of anilines is 1. The van der Waals surface area contributed by atoms with Crippen molar-refractivity contribution in [1.82, 2.24) is 20.2 Å². The van der Waals surface area contributed by atoms with Gasteiger partial charge in [-0.2, -0.15) is 0 Å². The molecule has 1 aliphatic carbocycles. The number of amides is 2. The Labute approximate surface area is 264 Å². The minimum atomic E-state index is -0.0617. The Morgan fingerprint density at radius 2 is 1.67 bits per heavy atom. The Kier molecular flexibility index (Phi) is 11.3. The minimum absolute atomic E-state index is 0.0617. The van der Waals surface area contributed by atoms with Gasteiger partial charge in [0, 0.05) is 50.6 Å². The van der Waals surface area contributed by atoms with Crippen LogP contribution in [0.25, 0.3) is 0 Å². The highest BCUT2D eigenvalue weighted by Gasteiger charge is 2.29. The molecule has 9 heteroatoms. The van der Waals surface area contributed by atoms with Gasteiger partial charge in [0.05, 0.1) is 5.75 Å². The number of aromatic nitrogens is 2. The second-order valence-electron chi connectivity index (χ2n) is 11.7. The average molecular weight is 620 g/mol. The van der Waals surface area contributed by atoms with Crippen LogP contribution >= 0.6 is 23.4 Å². The Balaban J connectivity index is 1.10. The van der Waals surface area contributed by atoms with E-state index in [-0.39, 0.29) is 29.5 Å².